The van der Waals surface area contributed by atoms with E-state index in [0.717, 1.165) is 0 Å². The van der Waals surface area contributed by atoms with E-state index in [1.54, 1.807) is 48.5 Å². The van der Waals surface area contributed by atoms with E-state index >= 15 is 0 Å². The Labute approximate surface area is 135 Å². The predicted molar refractivity (Wildman–Crippen MR) is 86.6 cm³/mol. The summed E-state index contributed by atoms with van der Waals surface area (Å²) in [5.41, 5.74) is 1.15. The third-order valence-electron chi connectivity index (χ3n) is 2.82. The second kappa shape index (κ2) is 9.86. The van der Waals surface area contributed by atoms with E-state index in [2.05, 4.69) is 4.74 Å². The highest BCUT2D eigenvalue weighted by molar-refractivity contribution is 5.99. The fourth-order valence-electron chi connectivity index (χ4n) is 1.83. The second-order valence-electron chi connectivity index (χ2n) is 4.88. The van der Waals surface area contributed by atoms with Gasteiger partial charge in [-0.15, -0.1) is 0 Å². The molecule has 3 N–H and O–H groups in total. The van der Waals surface area contributed by atoms with Crippen LogP contribution in [0.5, 0.6) is 0 Å². The summed E-state index contributed by atoms with van der Waals surface area (Å²) in [6, 6.07) is 17.7. The molecule has 0 aliphatic carbocycles. The van der Waals surface area contributed by atoms with Crippen LogP contribution in [0.25, 0.3) is 0 Å². The maximum atomic E-state index is 11.9. The number of rotatable bonds is 5. The molecule has 0 bridgehead atoms. The van der Waals surface area contributed by atoms with Crippen LogP contribution in [0.3, 0.4) is 0 Å². The van der Waals surface area contributed by atoms with Crippen LogP contribution >= 0.6 is 0 Å². The van der Waals surface area contributed by atoms with Gasteiger partial charge in [-0.2, -0.15) is 0 Å². The summed E-state index contributed by atoms with van der Waals surface area (Å²) in [5.74, 6) is -0.271. The van der Waals surface area contributed by atoms with Crippen molar-refractivity contribution in [2.24, 2.45) is 0 Å². The molecule has 0 heterocycles. The molecule has 3 unspecified atom stereocenters. The number of ether oxygens (including phenoxy) is 1. The summed E-state index contributed by atoms with van der Waals surface area (Å²) >= 11 is 0. The van der Waals surface area contributed by atoms with Crippen LogP contribution < -0.4 is 0 Å². The largest absolute Gasteiger partial charge is 0.380 e. The zero-order valence-electron chi connectivity index (χ0n) is 13.2. The van der Waals surface area contributed by atoms with Crippen LogP contribution in [-0.2, 0) is 4.74 Å². The third-order valence-corrected chi connectivity index (χ3v) is 2.82. The Balaban J connectivity index is 0.000000322. The molecule has 5 heteroatoms. The van der Waals surface area contributed by atoms with Gasteiger partial charge >= 0.3 is 0 Å². The minimum atomic E-state index is -1.08. The molecule has 2 rings (SSSR count). The van der Waals surface area contributed by atoms with Gasteiger partial charge in [0.05, 0.1) is 0 Å². The molecule has 0 aliphatic rings. The Hall–Kier alpha value is -2.05. The standard InChI is InChI=1S/C14H12O2.C4H10O3/c15-13(11-7-3-1-4-8-11)14(16)12-9-5-2-6-10-12;1-3(5)7-4(2)6/h1-10,13,15H;3-6H,1-2H3. The summed E-state index contributed by atoms with van der Waals surface area (Å²) in [7, 11) is 0. The summed E-state index contributed by atoms with van der Waals surface area (Å²) < 4.78 is 4.36. The van der Waals surface area contributed by atoms with Gasteiger partial charge in [-0.1, -0.05) is 60.7 Å². The lowest BCUT2D eigenvalue weighted by molar-refractivity contribution is -0.190. The normalized spacial score (nSPS) is 14.1. The van der Waals surface area contributed by atoms with Gasteiger partial charge in [0.1, 0.15) is 6.10 Å². The first-order valence-corrected chi connectivity index (χ1v) is 7.25. The molecule has 0 fully saturated rings. The number of hydrogen-bond donors (Lipinski definition) is 3. The molecule has 124 valence electrons. The minimum absolute atomic E-state index is 0.271. The SMILES string of the molecule is CC(O)OC(C)O.O=C(c1ccccc1)C(O)c1ccccc1. The van der Waals surface area contributed by atoms with E-state index in [-0.39, 0.29) is 5.78 Å². The van der Waals surface area contributed by atoms with E-state index in [1.807, 2.05) is 12.1 Å². The van der Waals surface area contributed by atoms with Gasteiger partial charge < -0.3 is 20.1 Å². The maximum Gasteiger partial charge on any atom is 0.195 e. The van der Waals surface area contributed by atoms with Gasteiger partial charge in [-0.25, -0.2) is 0 Å². The molecule has 23 heavy (non-hydrogen) atoms. The number of Topliss-reactive ketones (excluding diaryl/α,β-unsaturated/α-hetero) is 1. The summed E-state index contributed by atoms with van der Waals surface area (Å²) in [5, 5.41) is 26.6. The van der Waals surface area contributed by atoms with E-state index in [4.69, 9.17) is 10.2 Å². The van der Waals surface area contributed by atoms with Gasteiger partial charge in [-0.05, 0) is 19.4 Å². The van der Waals surface area contributed by atoms with Crippen molar-refractivity contribution in [2.45, 2.75) is 32.5 Å². The molecular weight excluding hydrogens is 296 g/mol. The molecule has 0 radical (unpaired) electrons. The minimum Gasteiger partial charge on any atom is -0.380 e. The van der Waals surface area contributed by atoms with E-state index in [0.29, 0.717) is 11.1 Å². The fraction of sp³-hybridized carbons (Fsp3) is 0.278. The molecular formula is C18H22O5. The van der Waals surface area contributed by atoms with Crippen molar-refractivity contribution in [3.8, 4) is 0 Å². The van der Waals surface area contributed by atoms with Gasteiger partial charge in [0.2, 0.25) is 0 Å². The first-order chi connectivity index (χ1) is 10.9. The lowest BCUT2D eigenvalue weighted by Crippen LogP contribution is -2.14. The van der Waals surface area contributed by atoms with Crippen molar-refractivity contribution >= 4 is 5.78 Å². The number of hydrogen-bond acceptors (Lipinski definition) is 5. The Bertz CT molecular complexity index is 560. The van der Waals surface area contributed by atoms with Gasteiger partial charge in [-0.3, -0.25) is 4.79 Å². The molecule has 2 aromatic rings. The van der Waals surface area contributed by atoms with E-state index < -0.39 is 18.7 Å². The number of carbonyl (C=O) groups is 1. The van der Waals surface area contributed by atoms with Crippen LogP contribution in [0, 0.1) is 0 Å². The Morgan fingerprint density at radius 3 is 1.65 bits per heavy atom. The summed E-state index contributed by atoms with van der Waals surface area (Å²) in [4.78, 5) is 11.9. The summed E-state index contributed by atoms with van der Waals surface area (Å²) in [6.07, 6.45) is -2.83. The fourth-order valence-corrected chi connectivity index (χ4v) is 1.83. The lowest BCUT2D eigenvalue weighted by atomic mass is 10.0. The van der Waals surface area contributed by atoms with E-state index in [1.165, 1.54) is 13.8 Å². The Morgan fingerprint density at radius 1 is 0.826 bits per heavy atom. The highest BCUT2D eigenvalue weighted by Crippen LogP contribution is 2.17. The van der Waals surface area contributed by atoms with Gasteiger partial charge in [0.15, 0.2) is 18.4 Å². The van der Waals surface area contributed by atoms with Crippen molar-refractivity contribution in [1.82, 2.24) is 0 Å². The van der Waals surface area contributed by atoms with Crippen molar-refractivity contribution in [3.63, 3.8) is 0 Å². The smallest absolute Gasteiger partial charge is 0.195 e. The quantitative estimate of drug-likeness (QED) is 0.581. The predicted octanol–water partition coefficient (Wildman–Crippen LogP) is 2.28. The van der Waals surface area contributed by atoms with Gasteiger partial charge in [0, 0.05) is 5.56 Å². The van der Waals surface area contributed by atoms with Crippen LogP contribution in [0.4, 0.5) is 0 Å². The van der Waals surface area contributed by atoms with Crippen LogP contribution in [0.1, 0.15) is 35.9 Å². The first-order valence-electron chi connectivity index (χ1n) is 7.25. The highest BCUT2D eigenvalue weighted by atomic mass is 16.7. The highest BCUT2D eigenvalue weighted by Gasteiger charge is 2.18. The molecule has 0 aromatic heterocycles. The van der Waals surface area contributed by atoms with E-state index in [9.17, 15) is 9.90 Å². The van der Waals surface area contributed by atoms with Crippen LogP contribution in [-0.4, -0.2) is 33.7 Å². The topological polar surface area (TPSA) is 87.0 Å². The number of aliphatic hydroxyl groups excluding tert-OH is 3. The van der Waals surface area contributed by atoms with Crippen molar-refractivity contribution in [1.29, 1.82) is 0 Å². The average Bonchev–Trinajstić information content (AvgIpc) is 2.54. The number of carbonyl (C=O) groups excluding carboxylic acids is 1. The number of aliphatic hydroxyl groups is 3. The summed E-state index contributed by atoms with van der Waals surface area (Å²) in [6.45, 7) is 2.87. The maximum absolute atomic E-state index is 11.9. The number of benzene rings is 2. The second-order valence-corrected chi connectivity index (χ2v) is 4.88. The number of ketones is 1. The van der Waals surface area contributed by atoms with Crippen LogP contribution in [0.2, 0.25) is 0 Å². The third kappa shape index (κ3) is 7.17. The Morgan fingerprint density at radius 2 is 1.26 bits per heavy atom. The van der Waals surface area contributed by atoms with Crippen molar-refractivity contribution < 1.29 is 24.9 Å². The molecule has 0 amide bonds. The average molecular weight is 318 g/mol. The zero-order chi connectivity index (χ0) is 17.2. The van der Waals surface area contributed by atoms with Crippen molar-refractivity contribution in [3.05, 3.63) is 71.8 Å². The lowest BCUT2D eigenvalue weighted by Gasteiger charge is -2.09. The molecule has 5 nitrogen and oxygen atoms in total. The molecule has 0 aliphatic heterocycles. The first kappa shape index (κ1) is 19.0. The molecule has 3 atom stereocenters. The van der Waals surface area contributed by atoms with Crippen molar-refractivity contribution in [2.75, 3.05) is 0 Å². The molecule has 0 saturated heterocycles. The monoisotopic (exact) mass is 318 g/mol. The molecule has 0 saturated carbocycles. The molecule has 2 aromatic carbocycles. The Kier molecular flexibility index (Phi) is 8.15. The van der Waals surface area contributed by atoms with Crippen LogP contribution in [0.15, 0.2) is 60.7 Å². The van der Waals surface area contributed by atoms with Gasteiger partial charge in [0.25, 0.3) is 0 Å². The zero-order valence-corrected chi connectivity index (χ0v) is 13.2. The molecule has 0 spiro atoms.